The van der Waals surface area contributed by atoms with Crippen LogP contribution >= 0.6 is 0 Å². The SMILES string of the molecule is CCNc1cc([N+](=O)[O-])cc(NCC(C)(C)C(N)=O)n1. The Morgan fingerprint density at radius 2 is 1.95 bits per heavy atom. The van der Waals surface area contributed by atoms with Crippen LogP contribution in [0.15, 0.2) is 12.1 Å². The maximum Gasteiger partial charge on any atom is 0.276 e. The van der Waals surface area contributed by atoms with E-state index in [4.69, 9.17) is 5.73 Å². The monoisotopic (exact) mass is 281 g/mol. The van der Waals surface area contributed by atoms with Crippen molar-refractivity contribution in [1.82, 2.24) is 4.98 Å². The summed E-state index contributed by atoms with van der Waals surface area (Å²) in [4.78, 5) is 25.8. The summed E-state index contributed by atoms with van der Waals surface area (Å²) in [5.74, 6) is 0.271. The average molecular weight is 281 g/mol. The topological polar surface area (TPSA) is 123 Å². The lowest BCUT2D eigenvalue weighted by atomic mass is 9.93. The van der Waals surface area contributed by atoms with Crippen LogP contribution in [0.25, 0.3) is 0 Å². The number of hydrogen-bond donors (Lipinski definition) is 3. The van der Waals surface area contributed by atoms with Gasteiger partial charge in [0, 0.05) is 13.1 Å². The van der Waals surface area contributed by atoms with Crippen LogP contribution in [0.5, 0.6) is 0 Å². The smallest absolute Gasteiger partial charge is 0.276 e. The summed E-state index contributed by atoms with van der Waals surface area (Å²) in [7, 11) is 0. The van der Waals surface area contributed by atoms with Crippen molar-refractivity contribution in [3.8, 4) is 0 Å². The highest BCUT2D eigenvalue weighted by Crippen LogP contribution is 2.22. The second kappa shape index (κ2) is 6.18. The Kier molecular flexibility index (Phi) is 4.84. The van der Waals surface area contributed by atoms with Gasteiger partial charge in [-0.05, 0) is 20.8 Å². The van der Waals surface area contributed by atoms with Gasteiger partial charge in [0.25, 0.3) is 5.69 Å². The van der Waals surface area contributed by atoms with Crippen molar-refractivity contribution < 1.29 is 9.72 Å². The van der Waals surface area contributed by atoms with Gasteiger partial charge < -0.3 is 16.4 Å². The van der Waals surface area contributed by atoms with Gasteiger partial charge in [0.2, 0.25) is 5.91 Å². The van der Waals surface area contributed by atoms with Gasteiger partial charge in [-0.2, -0.15) is 0 Å². The van der Waals surface area contributed by atoms with Crippen molar-refractivity contribution >= 4 is 23.2 Å². The molecule has 8 nitrogen and oxygen atoms in total. The van der Waals surface area contributed by atoms with Crippen molar-refractivity contribution in [3.63, 3.8) is 0 Å². The lowest BCUT2D eigenvalue weighted by molar-refractivity contribution is -0.384. The molecule has 1 aromatic rings. The van der Waals surface area contributed by atoms with Crippen LogP contribution in [-0.4, -0.2) is 28.9 Å². The van der Waals surface area contributed by atoms with Crippen LogP contribution < -0.4 is 16.4 Å². The third kappa shape index (κ3) is 4.08. The van der Waals surface area contributed by atoms with Crippen molar-refractivity contribution in [3.05, 3.63) is 22.2 Å². The highest BCUT2D eigenvalue weighted by Gasteiger charge is 2.25. The predicted octanol–water partition coefficient (Wildman–Crippen LogP) is 1.34. The van der Waals surface area contributed by atoms with Gasteiger partial charge in [-0.15, -0.1) is 0 Å². The maximum atomic E-state index is 11.2. The van der Waals surface area contributed by atoms with Gasteiger partial charge in [0.15, 0.2) is 0 Å². The predicted molar refractivity (Wildman–Crippen MR) is 76.5 cm³/mol. The first-order valence-corrected chi connectivity index (χ1v) is 6.20. The summed E-state index contributed by atoms with van der Waals surface area (Å²) in [6.45, 7) is 6.07. The van der Waals surface area contributed by atoms with Crippen LogP contribution in [0.3, 0.4) is 0 Å². The average Bonchev–Trinajstić information content (AvgIpc) is 2.36. The number of nitrogens with zero attached hydrogens (tertiary/aromatic N) is 2. The van der Waals surface area contributed by atoms with E-state index in [-0.39, 0.29) is 12.2 Å². The molecule has 4 N–H and O–H groups in total. The summed E-state index contributed by atoms with van der Waals surface area (Å²) in [5.41, 5.74) is 4.42. The Labute approximate surface area is 116 Å². The molecule has 0 fully saturated rings. The second-order valence-corrected chi connectivity index (χ2v) is 4.98. The standard InChI is InChI=1S/C12H19N5O3/c1-4-14-9-5-8(17(19)20)6-10(16-9)15-7-12(2,3)11(13)18/h5-6H,4,7H2,1-3H3,(H2,13,18)(H2,14,15,16). The molecule has 0 aliphatic heterocycles. The van der Waals surface area contributed by atoms with E-state index in [2.05, 4.69) is 15.6 Å². The molecule has 20 heavy (non-hydrogen) atoms. The van der Waals surface area contributed by atoms with Crippen LogP contribution in [-0.2, 0) is 4.79 Å². The number of hydrogen-bond acceptors (Lipinski definition) is 6. The molecule has 1 rings (SSSR count). The van der Waals surface area contributed by atoms with E-state index < -0.39 is 16.2 Å². The number of amides is 1. The summed E-state index contributed by atoms with van der Waals surface area (Å²) in [6.07, 6.45) is 0. The van der Waals surface area contributed by atoms with E-state index in [0.717, 1.165) is 0 Å². The zero-order valence-electron chi connectivity index (χ0n) is 11.8. The molecule has 0 aromatic carbocycles. The number of carbonyl (C=O) groups excluding carboxylic acids is 1. The first-order chi connectivity index (χ1) is 9.26. The molecule has 0 spiro atoms. The van der Waals surface area contributed by atoms with Gasteiger partial charge in [-0.1, -0.05) is 0 Å². The number of rotatable bonds is 7. The van der Waals surface area contributed by atoms with Gasteiger partial charge >= 0.3 is 0 Å². The molecule has 0 bridgehead atoms. The van der Waals surface area contributed by atoms with Crippen LogP contribution in [0.1, 0.15) is 20.8 Å². The fraction of sp³-hybridized carbons (Fsp3) is 0.500. The number of nitrogens with two attached hydrogens (primary N) is 1. The number of nitrogens with one attached hydrogen (secondary N) is 2. The largest absolute Gasteiger partial charge is 0.370 e. The summed E-state index contributed by atoms with van der Waals surface area (Å²) in [5, 5.41) is 16.7. The van der Waals surface area contributed by atoms with Gasteiger partial charge in [-0.25, -0.2) is 4.98 Å². The normalized spacial score (nSPS) is 10.9. The zero-order chi connectivity index (χ0) is 15.3. The number of aromatic nitrogens is 1. The number of primary amides is 1. The van der Waals surface area contributed by atoms with Crippen molar-refractivity contribution in [2.75, 3.05) is 23.7 Å². The van der Waals surface area contributed by atoms with Crippen molar-refractivity contribution in [1.29, 1.82) is 0 Å². The molecule has 0 radical (unpaired) electrons. The van der Waals surface area contributed by atoms with E-state index in [9.17, 15) is 14.9 Å². The molecule has 0 aliphatic carbocycles. The Bertz CT molecular complexity index is 516. The number of nitro groups is 1. The summed E-state index contributed by atoms with van der Waals surface area (Å²) < 4.78 is 0. The highest BCUT2D eigenvalue weighted by molar-refractivity contribution is 5.80. The molecule has 8 heteroatoms. The molecule has 110 valence electrons. The van der Waals surface area contributed by atoms with Crippen LogP contribution in [0.4, 0.5) is 17.3 Å². The Morgan fingerprint density at radius 1 is 1.40 bits per heavy atom. The second-order valence-electron chi connectivity index (χ2n) is 4.98. The van der Waals surface area contributed by atoms with E-state index in [0.29, 0.717) is 18.2 Å². The molecule has 0 aliphatic rings. The minimum absolute atomic E-state index is 0.0738. The fourth-order valence-electron chi connectivity index (χ4n) is 1.38. The molecule has 1 aromatic heterocycles. The highest BCUT2D eigenvalue weighted by atomic mass is 16.6. The maximum absolute atomic E-state index is 11.2. The van der Waals surface area contributed by atoms with Gasteiger partial charge in [0.05, 0.1) is 22.5 Å². The zero-order valence-corrected chi connectivity index (χ0v) is 11.8. The molecule has 0 unspecified atom stereocenters. The minimum Gasteiger partial charge on any atom is -0.370 e. The van der Waals surface area contributed by atoms with Crippen molar-refractivity contribution in [2.45, 2.75) is 20.8 Å². The van der Waals surface area contributed by atoms with Crippen LogP contribution in [0, 0.1) is 15.5 Å². The summed E-state index contributed by atoms with van der Waals surface area (Å²) in [6, 6.07) is 2.67. The molecule has 1 amide bonds. The van der Waals surface area contributed by atoms with Crippen LogP contribution in [0.2, 0.25) is 0 Å². The molecule has 0 atom stereocenters. The number of carbonyl (C=O) groups is 1. The first-order valence-electron chi connectivity index (χ1n) is 6.20. The van der Waals surface area contributed by atoms with E-state index in [1.54, 1.807) is 13.8 Å². The molecule has 1 heterocycles. The fourth-order valence-corrected chi connectivity index (χ4v) is 1.38. The lowest BCUT2D eigenvalue weighted by Crippen LogP contribution is -2.37. The Hall–Kier alpha value is -2.38. The molecule has 0 saturated carbocycles. The minimum atomic E-state index is -0.773. The van der Waals surface area contributed by atoms with E-state index in [1.807, 2.05) is 6.92 Å². The summed E-state index contributed by atoms with van der Waals surface area (Å²) >= 11 is 0. The molecular weight excluding hydrogens is 262 g/mol. The molecular formula is C12H19N5O3. The Balaban J connectivity index is 2.94. The van der Waals surface area contributed by atoms with Gasteiger partial charge in [0.1, 0.15) is 11.6 Å². The third-order valence-electron chi connectivity index (χ3n) is 2.76. The number of pyridine rings is 1. The third-order valence-corrected chi connectivity index (χ3v) is 2.76. The Morgan fingerprint density at radius 3 is 2.40 bits per heavy atom. The first kappa shape index (κ1) is 15.7. The quantitative estimate of drug-likeness (QED) is 0.512. The lowest BCUT2D eigenvalue weighted by Gasteiger charge is -2.21. The van der Waals surface area contributed by atoms with E-state index >= 15 is 0 Å². The van der Waals surface area contributed by atoms with E-state index in [1.165, 1.54) is 12.1 Å². The van der Waals surface area contributed by atoms with Crippen molar-refractivity contribution in [2.24, 2.45) is 11.1 Å². The van der Waals surface area contributed by atoms with Gasteiger partial charge in [-0.3, -0.25) is 14.9 Å². The number of anilines is 2. The molecule has 0 saturated heterocycles.